The maximum Gasteiger partial charge on any atom is 0.125 e. The molecule has 4 nitrogen and oxygen atoms in total. The van der Waals surface area contributed by atoms with Crippen LogP contribution in [0.2, 0.25) is 0 Å². The first-order valence-corrected chi connectivity index (χ1v) is 6.04. The van der Waals surface area contributed by atoms with E-state index in [0.29, 0.717) is 18.4 Å². The van der Waals surface area contributed by atoms with Crippen LogP contribution >= 0.6 is 0 Å². The lowest BCUT2D eigenvalue weighted by atomic mass is 10.00. The number of phenolic OH excluding ortho intramolecular Hbond substituents is 3. The van der Waals surface area contributed by atoms with Crippen LogP contribution in [0.3, 0.4) is 0 Å². The average Bonchev–Trinajstić information content (AvgIpc) is 2.37. The van der Waals surface area contributed by atoms with Gasteiger partial charge in [-0.1, -0.05) is 18.2 Å². The first-order valence-electron chi connectivity index (χ1n) is 6.04. The van der Waals surface area contributed by atoms with Crippen molar-refractivity contribution in [2.24, 2.45) is 0 Å². The van der Waals surface area contributed by atoms with Gasteiger partial charge in [-0.05, 0) is 36.6 Å². The van der Waals surface area contributed by atoms with Crippen LogP contribution < -0.4 is 0 Å². The van der Waals surface area contributed by atoms with Gasteiger partial charge in [-0.25, -0.2) is 0 Å². The van der Waals surface area contributed by atoms with Gasteiger partial charge in [0.1, 0.15) is 17.2 Å². The normalized spacial score (nSPS) is 12.3. The molecule has 0 bridgehead atoms. The molecule has 2 aromatic rings. The average molecular weight is 260 g/mol. The van der Waals surface area contributed by atoms with Crippen LogP contribution in [0.15, 0.2) is 42.5 Å². The lowest BCUT2D eigenvalue weighted by Gasteiger charge is -2.13. The van der Waals surface area contributed by atoms with Gasteiger partial charge >= 0.3 is 0 Å². The van der Waals surface area contributed by atoms with E-state index in [2.05, 4.69) is 0 Å². The Morgan fingerprint density at radius 2 is 1.63 bits per heavy atom. The molecular formula is C15H16O4. The number of hydrogen-bond donors (Lipinski definition) is 4. The van der Waals surface area contributed by atoms with Crippen LogP contribution in [0, 0.1) is 0 Å². The molecule has 1 atom stereocenters. The molecule has 0 aliphatic heterocycles. The molecule has 0 saturated heterocycles. The van der Waals surface area contributed by atoms with Crippen molar-refractivity contribution < 1.29 is 20.4 Å². The van der Waals surface area contributed by atoms with Gasteiger partial charge in [0.15, 0.2) is 0 Å². The summed E-state index contributed by atoms with van der Waals surface area (Å²) in [6.07, 6.45) is 0.0181. The molecule has 0 aliphatic rings. The van der Waals surface area contributed by atoms with Gasteiger partial charge in [0.25, 0.3) is 0 Å². The minimum atomic E-state index is -0.847. The molecule has 4 N–H and O–H groups in total. The highest BCUT2D eigenvalue weighted by atomic mass is 16.3. The summed E-state index contributed by atoms with van der Waals surface area (Å²) in [4.78, 5) is 0. The van der Waals surface area contributed by atoms with Crippen molar-refractivity contribution in [1.29, 1.82) is 0 Å². The van der Waals surface area contributed by atoms with Gasteiger partial charge in [0, 0.05) is 11.6 Å². The zero-order valence-corrected chi connectivity index (χ0v) is 10.3. The highest BCUT2D eigenvalue weighted by molar-refractivity contribution is 5.40. The number of rotatable bonds is 4. The second-order valence-electron chi connectivity index (χ2n) is 4.43. The monoisotopic (exact) mass is 260 g/mol. The van der Waals surface area contributed by atoms with Gasteiger partial charge < -0.3 is 20.4 Å². The Bertz CT molecular complexity index is 566. The zero-order chi connectivity index (χ0) is 13.8. The van der Waals surface area contributed by atoms with E-state index in [1.165, 1.54) is 18.2 Å². The van der Waals surface area contributed by atoms with Crippen LogP contribution in [0.5, 0.6) is 17.2 Å². The Balaban J connectivity index is 2.05. The zero-order valence-electron chi connectivity index (χ0n) is 10.3. The smallest absolute Gasteiger partial charge is 0.125 e. The van der Waals surface area contributed by atoms with E-state index in [1.807, 2.05) is 6.07 Å². The van der Waals surface area contributed by atoms with Crippen molar-refractivity contribution >= 4 is 0 Å². The van der Waals surface area contributed by atoms with Crippen LogP contribution in [0.25, 0.3) is 0 Å². The lowest BCUT2D eigenvalue weighted by molar-refractivity contribution is 0.164. The molecule has 0 aromatic heterocycles. The molecule has 19 heavy (non-hydrogen) atoms. The van der Waals surface area contributed by atoms with Crippen molar-refractivity contribution in [1.82, 2.24) is 0 Å². The van der Waals surface area contributed by atoms with Crippen LogP contribution in [0.4, 0.5) is 0 Å². The SMILES string of the molecule is Oc1ccc(C(O)CCc2ccccc2O)c(O)c1. The topological polar surface area (TPSA) is 80.9 Å². The van der Waals surface area contributed by atoms with Crippen LogP contribution in [-0.4, -0.2) is 20.4 Å². The predicted octanol–water partition coefficient (Wildman–Crippen LogP) is 2.47. The summed E-state index contributed by atoms with van der Waals surface area (Å²) in [5.41, 5.74) is 1.12. The Morgan fingerprint density at radius 1 is 0.895 bits per heavy atom. The molecule has 0 spiro atoms. The third kappa shape index (κ3) is 3.17. The Kier molecular flexibility index (Phi) is 3.92. The lowest BCUT2D eigenvalue weighted by Crippen LogP contribution is -2.00. The van der Waals surface area contributed by atoms with E-state index in [1.54, 1.807) is 18.2 Å². The molecular weight excluding hydrogens is 244 g/mol. The third-order valence-corrected chi connectivity index (χ3v) is 3.05. The largest absolute Gasteiger partial charge is 0.508 e. The van der Waals surface area contributed by atoms with E-state index < -0.39 is 6.10 Å². The quantitative estimate of drug-likeness (QED) is 0.680. The number of hydrogen-bond acceptors (Lipinski definition) is 4. The summed E-state index contributed by atoms with van der Waals surface area (Å²) in [6.45, 7) is 0. The van der Waals surface area contributed by atoms with Gasteiger partial charge in [-0.3, -0.25) is 0 Å². The molecule has 0 aliphatic carbocycles. The molecule has 2 rings (SSSR count). The molecule has 0 amide bonds. The molecule has 4 heteroatoms. The number of aliphatic hydroxyl groups excluding tert-OH is 1. The summed E-state index contributed by atoms with van der Waals surface area (Å²) in [5, 5.41) is 38.5. The number of aliphatic hydroxyl groups is 1. The summed E-state index contributed by atoms with van der Waals surface area (Å²) in [6, 6.07) is 11.0. The third-order valence-electron chi connectivity index (χ3n) is 3.05. The van der Waals surface area contributed by atoms with Gasteiger partial charge in [0.05, 0.1) is 6.10 Å². The fourth-order valence-corrected chi connectivity index (χ4v) is 1.98. The maximum atomic E-state index is 10.0. The van der Waals surface area contributed by atoms with E-state index >= 15 is 0 Å². The first kappa shape index (κ1) is 13.2. The number of benzene rings is 2. The fourth-order valence-electron chi connectivity index (χ4n) is 1.98. The standard InChI is InChI=1S/C15H16O4/c16-11-6-7-12(15(19)9-11)14(18)8-5-10-3-1-2-4-13(10)17/h1-4,6-7,9,14,16-19H,5,8H2. The van der Waals surface area contributed by atoms with Gasteiger partial charge in [-0.15, -0.1) is 0 Å². The van der Waals surface area contributed by atoms with E-state index in [4.69, 9.17) is 0 Å². The summed E-state index contributed by atoms with van der Waals surface area (Å²) in [7, 11) is 0. The molecule has 0 saturated carbocycles. The highest BCUT2D eigenvalue weighted by Gasteiger charge is 2.13. The molecule has 0 heterocycles. The summed E-state index contributed by atoms with van der Waals surface area (Å²) in [5.74, 6) is 0.0172. The first-order chi connectivity index (χ1) is 9.08. The van der Waals surface area contributed by atoms with Crippen molar-refractivity contribution in [2.75, 3.05) is 0 Å². The molecule has 1 unspecified atom stereocenters. The number of aromatic hydroxyl groups is 3. The van der Waals surface area contributed by atoms with Gasteiger partial charge in [0.2, 0.25) is 0 Å². The summed E-state index contributed by atoms with van der Waals surface area (Å²) >= 11 is 0. The van der Waals surface area contributed by atoms with Crippen LogP contribution in [-0.2, 0) is 6.42 Å². The van der Waals surface area contributed by atoms with E-state index in [9.17, 15) is 20.4 Å². The predicted molar refractivity (Wildman–Crippen MR) is 71.2 cm³/mol. The highest BCUT2D eigenvalue weighted by Crippen LogP contribution is 2.31. The Morgan fingerprint density at radius 3 is 2.32 bits per heavy atom. The summed E-state index contributed by atoms with van der Waals surface area (Å²) < 4.78 is 0. The van der Waals surface area contributed by atoms with E-state index in [-0.39, 0.29) is 17.2 Å². The second-order valence-corrected chi connectivity index (χ2v) is 4.43. The minimum Gasteiger partial charge on any atom is -0.508 e. The Hall–Kier alpha value is -2.20. The molecule has 0 fully saturated rings. The van der Waals surface area contributed by atoms with Crippen molar-refractivity contribution in [3.05, 3.63) is 53.6 Å². The Labute approximate surface area is 111 Å². The van der Waals surface area contributed by atoms with Gasteiger partial charge in [-0.2, -0.15) is 0 Å². The molecule has 100 valence electrons. The second kappa shape index (κ2) is 5.63. The van der Waals surface area contributed by atoms with Crippen molar-refractivity contribution in [3.63, 3.8) is 0 Å². The number of aryl methyl sites for hydroxylation is 1. The van der Waals surface area contributed by atoms with E-state index in [0.717, 1.165) is 5.56 Å². The molecule has 0 radical (unpaired) electrons. The maximum absolute atomic E-state index is 10.0. The van der Waals surface area contributed by atoms with Crippen molar-refractivity contribution in [3.8, 4) is 17.2 Å². The molecule has 2 aromatic carbocycles. The van der Waals surface area contributed by atoms with Crippen molar-refractivity contribution in [2.45, 2.75) is 18.9 Å². The van der Waals surface area contributed by atoms with Crippen LogP contribution in [0.1, 0.15) is 23.7 Å². The fraction of sp³-hybridized carbons (Fsp3) is 0.200. The number of para-hydroxylation sites is 1. The minimum absolute atomic E-state index is 0.0471. The number of phenols is 3.